The number of amides is 2. The lowest BCUT2D eigenvalue weighted by Crippen LogP contribution is -2.78. The molecule has 2 rings (SSSR count). The van der Waals surface area contributed by atoms with Crippen LogP contribution in [0.1, 0.15) is 66.9 Å². The molecule has 1 heterocycles. The molecule has 10 heteroatoms. The Labute approximate surface area is 219 Å². The molecule has 206 valence electrons. The number of rotatable bonds is 9. The van der Waals surface area contributed by atoms with Gasteiger partial charge in [0.25, 0.3) is 0 Å². The van der Waals surface area contributed by atoms with Gasteiger partial charge in [0.15, 0.2) is 5.78 Å². The second-order valence-electron chi connectivity index (χ2n) is 11.5. The fourth-order valence-corrected chi connectivity index (χ4v) is 4.73. The van der Waals surface area contributed by atoms with Gasteiger partial charge in [0.1, 0.15) is 5.60 Å². The maximum absolute atomic E-state index is 13.8. The number of carbonyl (C=O) groups is 4. The normalized spacial score (nSPS) is 20.3. The van der Waals surface area contributed by atoms with Crippen molar-refractivity contribution in [2.75, 3.05) is 20.2 Å². The van der Waals surface area contributed by atoms with E-state index < -0.39 is 39.9 Å². The number of likely N-dealkylation sites (tertiary alicyclic amines) is 1. The topological polar surface area (TPSA) is 123 Å². The zero-order valence-corrected chi connectivity index (χ0v) is 23.2. The molecule has 10 nitrogen and oxygen atoms in total. The van der Waals surface area contributed by atoms with Crippen LogP contribution in [0, 0.1) is 5.41 Å². The van der Waals surface area contributed by atoms with Crippen LogP contribution in [-0.2, 0) is 35.3 Å². The maximum atomic E-state index is 13.8. The monoisotopic (exact) mass is 519 g/mol. The molecule has 0 bridgehead atoms. The lowest BCUT2D eigenvalue weighted by molar-refractivity contribution is -0.191. The van der Waals surface area contributed by atoms with Crippen LogP contribution in [0.5, 0.6) is 0 Å². The maximum Gasteiger partial charge on any atom is 0.407 e. The van der Waals surface area contributed by atoms with E-state index in [9.17, 15) is 19.2 Å². The third-order valence-corrected chi connectivity index (χ3v) is 6.25. The molecule has 37 heavy (non-hydrogen) atoms. The van der Waals surface area contributed by atoms with Gasteiger partial charge in [0.05, 0.1) is 13.7 Å². The third kappa shape index (κ3) is 6.87. The molecule has 0 saturated carbocycles. The molecular weight excluding hydrogens is 478 g/mol. The van der Waals surface area contributed by atoms with E-state index in [2.05, 4.69) is 10.8 Å². The zero-order chi connectivity index (χ0) is 28.1. The summed E-state index contributed by atoms with van der Waals surface area (Å²) in [5.41, 5.74) is -1.33. The van der Waals surface area contributed by atoms with Crippen LogP contribution in [0.15, 0.2) is 30.3 Å². The number of methoxy groups -OCH3 is 1. The molecule has 0 unspecified atom stereocenters. The summed E-state index contributed by atoms with van der Waals surface area (Å²) in [6.45, 7) is 12.0. The van der Waals surface area contributed by atoms with Crippen molar-refractivity contribution < 1.29 is 33.5 Å². The van der Waals surface area contributed by atoms with Crippen LogP contribution < -0.4 is 10.8 Å². The summed E-state index contributed by atoms with van der Waals surface area (Å²) in [5, 5.41) is 2.69. The second-order valence-corrected chi connectivity index (χ2v) is 11.5. The molecule has 0 spiro atoms. The van der Waals surface area contributed by atoms with Crippen molar-refractivity contribution in [2.24, 2.45) is 5.41 Å². The number of piperidine rings is 1. The summed E-state index contributed by atoms with van der Waals surface area (Å²) in [4.78, 5) is 60.3. The van der Waals surface area contributed by atoms with E-state index in [1.165, 1.54) is 12.0 Å². The number of nitrogens with one attached hydrogen (secondary N) is 2. The fraction of sp³-hybridized carbons (Fsp3) is 0.630. The SMILES string of the molecule is COC(=O)[C@]1([C@@](C)(CNOCc2ccccc2)CNC(=O)OC(C)(C)C)C(=O)CCC(=O)N1C(C)(C)C. The summed E-state index contributed by atoms with van der Waals surface area (Å²) >= 11 is 0. The first-order chi connectivity index (χ1) is 17.1. The second kappa shape index (κ2) is 11.6. The van der Waals surface area contributed by atoms with Crippen LogP contribution in [0.25, 0.3) is 0 Å². The molecule has 2 amide bonds. The van der Waals surface area contributed by atoms with E-state index in [1.54, 1.807) is 48.5 Å². The minimum atomic E-state index is -2.03. The molecule has 1 fully saturated rings. The number of carbonyl (C=O) groups excluding carboxylic acids is 4. The largest absolute Gasteiger partial charge is 0.467 e. The summed E-state index contributed by atoms with van der Waals surface area (Å²) in [6, 6.07) is 9.45. The van der Waals surface area contributed by atoms with E-state index in [4.69, 9.17) is 14.3 Å². The van der Waals surface area contributed by atoms with Gasteiger partial charge in [-0.05, 0) is 47.1 Å². The minimum Gasteiger partial charge on any atom is -0.467 e. The number of benzene rings is 1. The Kier molecular flexibility index (Phi) is 9.48. The molecule has 1 aromatic carbocycles. The summed E-state index contributed by atoms with van der Waals surface area (Å²) in [5.74, 6) is -1.70. The van der Waals surface area contributed by atoms with Gasteiger partial charge >= 0.3 is 12.1 Å². The van der Waals surface area contributed by atoms with E-state index in [0.29, 0.717) is 0 Å². The summed E-state index contributed by atoms with van der Waals surface area (Å²) in [7, 11) is 1.18. The number of Topliss-reactive ketones (excluding diaryl/α,β-unsaturated/α-hetero) is 1. The number of nitrogens with zero attached hydrogens (tertiary/aromatic N) is 1. The molecule has 2 atom stereocenters. The first-order valence-electron chi connectivity index (χ1n) is 12.4. The van der Waals surface area contributed by atoms with Crippen molar-refractivity contribution in [2.45, 2.75) is 84.6 Å². The molecule has 1 aromatic rings. The molecule has 1 aliphatic heterocycles. The van der Waals surface area contributed by atoms with Gasteiger partial charge < -0.3 is 19.7 Å². The average Bonchev–Trinajstić information content (AvgIpc) is 2.80. The molecule has 0 aliphatic carbocycles. The number of esters is 1. The Morgan fingerprint density at radius 1 is 0.973 bits per heavy atom. The number of alkyl carbamates (subject to hydrolysis) is 1. The highest BCUT2D eigenvalue weighted by Gasteiger charge is 2.68. The Morgan fingerprint density at radius 3 is 2.14 bits per heavy atom. The Hall–Kier alpha value is -2.98. The van der Waals surface area contributed by atoms with Gasteiger partial charge in [-0.2, -0.15) is 0 Å². The van der Waals surface area contributed by atoms with Gasteiger partial charge in [0, 0.05) is 36.9 Å². The summed E-state index contributed by atoms with van der Waals surface area (Å²) < 4.78 is 10.6. The molecular formula is C27H41N3O7. The van der Waals surface area contributed by atoms with Gasteiger partial charge in [-0.3, -0.25) is 14.4 Å². The van der Waals surface area contributed by atoms with Gasteiger partial charge in [0.2, 0.25) is 11.4 Å². The highest BCUT2D eigenvalue weighted by atomic mass is 16.6. The molecule has 0 radical (unpaired) electrons. The van der Waals surface area contributed by atoms with Crippen molar-refractivity contribution >= 4 is 23.8 Å². The molecule has 0 aromatic heterocycles. The van der Waals surface area contributed by atoms with Crippen LogP contribution in [0.4, 0.5) is 4.79 Å². The predicted octanol–water partition coefficient (Wildman–Crippen LogP) is 3.14. The van der Waals surface area contributed by atoms with E-state index in [0.717, 1.165) is 5.56 Å². The summed E-state index contributed by atoms with van der Waals surface area (Å²) in [6.07, 6.45) is -0.878. The van der Waals surface area contributed by atoms with Crippen molar-refractivity contribution in [1.82, 2.24) is 15.7 Å². The van der Waals surface area contributed by atoms with Crippen molar-refractivity contribution in [3.63, 3.8) is 0 Å². The van der Waals surface area contributed by atoms with E-state index in [1.807, 2.05) is 30.3 Å². The lowest BCUT2D eigenvalue weighted by Gasteiger charge is -2.57. The fourth-order valence-electron chi connectivity index (χ4n) is 4.73. The Balaban J connectivity index is 2.52. The average molecular weight is 520 g/mol. The number of ketones is 1. The van der Waals surface area contributed by atoms with Gasteiger partial charge in [-0.15, -0.1) is 0 Å². The van der Waals surface area contributed by atoms with Gasteiger partial charge in [-0.1, -0.05) is 37.3 Å². The first-order valence-corrected chi connectivity index (χ1v) is 12.4. The number of ether oxygens (including phenoxy) is 2. The van der Waals surface area contributed by atoms with Crippen molar-refractivity contribution in [3.8, 4) is 0 Å². The number of hydroxylamine groups is 1. The highest BCUT2D eigenvalue weighted by Crippen LogP contribution is 2.45. The third-order valence-electron chi connectivity index (χ3n) is 6.25. The Morgan fingerprint density at radius 2 is 1.59 bits per heavy atom. The predicted molar refractivity (Wildman–Crippen MR) is 137 cm³/mol. The zero-order valence-electron chi connectivity index (χ0n) is 23.2. The van der Waals surface area contributed by atoms with Crippen molar-refractivity contribution in [3.05, 3.63) is 35.9 Å². The first kappa shape index (κ1) is 30.2. The van der Waals surface area contributed by atoms with Crippen LogP contribution in [0.3, 0.4) is 0 Å². The van der Waals surface area contributed by atoms with E-state index >= 15 is 0 Å². The Bertz CT molecular complexity index is 974. The standard InChI is InChI=1S/C27H41N3O7/c1-24(2,3)30-21(32)15-14-20(31)27(30,22(33)35-8)26(7,17-28-23(34)37-25(4,5)6)18-29-36-16-19-12-10-9-11-13-19/h9-13,29H,14-18H2,1-8H3,(H,28,34)/t26-,27+/m1/s1. The number of hydrogen-bond acceptors (Lipinski definition) is 8. The molecule has 1 saturated heterocycles. The van der Waals surface area contributed by atoms with Gasteiger partial charge in [-0.25, -0.2) is 15.1 Å². The molecule has 1 aliphatic rings. The van der Waals surface area contributed by atoms with E-state index in [-0.39, 0.29) is 38.4 Å². The lowest BCUT2D eigenvalue weighted by atomic mass is 9.63. The molecule has 2 N–H and O–H groups in total. The van der Waals surface area contributed by atoms with Crippen LogP contribution in [0.2, 0.25) is 0 Å². The highest BCUT2D eigenvalue weighted by molar-refractivity contribution is 6.15. The quantitative estimate of drug-likeness (QED) is 0.221. The minimum absolute atomic E-state index is 0.0254. The van der Waals surface area contributed by atoms with Crippen LogP contribution >= 0.6 is 0 Å². The van der Waals surface area contributed by atoms with Crippen LogP contribution in [-0.4, -0.2) is 65.5 Å². The number of hydrogen-bond donors (Lipinski definition) is 2. The smallest absolute Gasteiger partial charge is 0.407 e. The van der Waals surface area contributed by atoms with Crippen molar-refractivity contribution in [1.29, 1.82) is 0 Å².